The van der Waals surface area contributed by atoms with Gasteiger partial charge in [-0.15, -0.1) is 0 Å². The molecular formula is C34H33ClF2N8O3. The van der Waals surface area contributed by atoms with Gasteiger partial charge in [-0.05, 0) is 50.7 Å². The van der Waals surface area contributed by atoms with Gasteiger partial charge in [0.25, 0.3) is 5.91 Å². The minimum absolute atomic E-state index is 0.00472. The lowest BCUT2D eigenvalue weighted by molar-refractivity contribution is -0.130. The number of likely N-dealkylation sites (N-methyl/N-ethyl adjacent to an activating group) is 1. The highest BCUT2D eigenvalue weighted by Crippen LogP contribution is 2.39. The standard InChI is InChI=1S/C34H33ClF2N8O3/c1-38-18-24-19-44(13-14-45(24)33(46)28(36)16-22-17-39-10-11-40-22)32-26-8-7-25(27-15-21(35)6-9-29(27)47-3)30(37)31(26)41-34(42-32)48-20-23-5-4-12-43(23)2/h6-11,15-17,23-24H,4-5,12-14,18-20H2,2-3H3/b28-16-/t23-,24-/m0/s1. The number of fused-ring (bicyclic) bond motifs is 1. The van der Waals surface area contributed by atoms with Crippen molar-refractivity contribution in [3.63, 3.8) is 0 Å². The Hall–Kier alpha value is -4.93. The molecule has 6 rings (SSSR count). The Morgan fingerprint density at radius 1 is 1.15 bits per heavy atom. The summed E-state index contributed by atoms with van der Waals surface area (Å²) in [6.45, 7) is 9.23. The van der Waals surface area contributed by atoms with Gasteiger partial charge in [-0.3, -0.25) is 14.8 Å². The summed E-state index contributed by atoms with van der Waals surface area (Å²) in [4.78, 5) is 39.3. The third-order valence-electron chi connectivity index (χ3n) is 8.70. The summed E-state index contributed by atoms with van der Waals surface area (Å²) in [5, 5.41) is 0.831. The predicted molar refractivity (Wildman–Crippen MR) is 178 cm³/mol. The van der Waals surface area contributed by atoms with Crippen molar-refractivity contribution in [3.05, 3.63) is 82.7 Å². The van der Waals surface area contributed by atoms with Gasteiger partial charge in [0.1, 0.15) is 29.7 Å². The molecule has 2 aliphatic rings. The highest BCUT2D eigenvalue weighted by atomic mass is 35.5. The topological polar surface area (TPSA) is 101 Å². The predicted octanol–water partition coefficient (Wildman–Crippen LogP) is 5.31. The quantitative estimate of drug-likeness (QED) is 0.173. The molecule has 48 heavy (non-hydrogen) atoms. The molecular weight excluding hydrogens is 642 g/mol. The first-order valence-electron chi connectivity index (χ1n) is 15.5. The third kappa shape index (κ3) is 6.86. The smallest absolute Gasteiger partial charge is 0.319 e. The molecule has 2 aromatic carbocycles. The number of halogens is 3. The van der Waals surface area contributed by atoms with Crippen LogP contribution in [0.3, 0.4) is 0 Å². The maximum atomic E-state index is 16.5. The second-order valence-electron chi connectivity index (χ2n) is 11.6. The summed E-state index contributed by atoms with van der Waals surface area (Å²) in [7, 11) is 3.53. The normalized spacial score (nSPS) is 18.6. The molecule has 0 radical (unpaired) electrons. The number of methoxy groups -OCH3 is 1. The molecule has 14 heteroatoms. The number of anilines is 1. The van der Waals surface area contributed by atoms with E-state index >= 15 is 8.78 Å². The van der Waals surface area contributed by atoms with E-state index in [-0.39, 0.29) is 55.0 Å². The van der Waals surface area contributed by atoms with Crippen molar-refractivity contribution in [2.24, 2.45) is 0 Å². The molecule has 1 amide bonds. The zero-order valence-electron chi connectivity index (χ0n) is 26.4. The average Bonchev–Trinajstić information content (AvgIpc) is 3.51. The largest absolute Gasteiger partial charge is 0.496 e. The van der Waals surface area contributed by atoms with Crippen LogP contribution in [0, 0.1) is 12.4 Å². The summed E-state index contributed by atoms with van der Waals surface area (Å²) >= 11 is 6.28. The molecule has 11 nitrogen and oxygen atoms in total. The number of benzene rings is 2. The lowest BCUT2D eigenvalue weighted by Gasteiger charge is -2.39. The van der Waals surface area contributed by atoms with Gasteiger partial charge >= 0.3 is 6.01 Å². The summed E-state index contributed by atoms with van der Waals surface area (Å²) < 4.78 is 43.3. The Labute approximate surface area is 281 Å². The van der Waals surface area contributed by atoms with Crippen LogP contribution in [0.15, 0.2) is 54.7 Å². The van der Waals surface area contributed by atoms with E-state index in [0.29, 0.717) is 34.1 Å². The van der Waals surface area contributed by atoms with Crippen molar-refractivity contribution in [2.75, 3.05) is 58.4 Å². The Morgan fingerprint density at radius 3 is 2.73 bits per heavy atom. The Bertz CT molecular complexity index is 1890. The molecule has 0 N–H and O–H groups in total. The second kappa shape index (κ2) is 14.5. The van der Waals surface area contributed by atoms with Gasteiger partial charge in [-0.1, -0.05) is 17.7 Å². The number of hydrogen-bond acceptors (Lipinski definition) is 9. The summed E-state index contributed by atoms with van der Waals surface area (Å²) in [6, 6.07) is 7.80. The van der Waals surface area contributed by atoms with Crippen LogP contribution in [0.1, 0.15) is 18.5 Å². The number of nitrogens with zero attached hydrogens (tertiary/aromatic N) is 8. The van der Waals surface area contributed by atoms with E-state index in [0.717, 1.165) is 25.5 Å². The van der Waals surface area contributed by atoms with Gasteiger partial charge in [0.2, 0.25) is 6.54 Å². The molecule has 0 saturated carbocycles. The molecule has 0 unspecified atom stereocenters. The van der Waals surface area contributed by atoms with Gasteiger partial charge in [0.15, 0.2) is 11.6 Å². The van der Waals surface area contributed by atoms with E-state index in [2.05, 4.69) is 24.7 Å². The number of piperazine rings is 1. The van der Waals surface area contributed by atoms with Crippen LogP contribution in [0.25, 0.3) is 33.0 Å². The highest BCUT2D eigenvalue weighted by Gasteiger charge is 2.36. The molecule has 2 aliphatic heterocycles. The van der Waals surface area contributed by atoms with Crippen LogP contribution in [-0.4, -0.2) is 101 Å². The molecule has 0 spiro atoms. The zero-order chi connectivity index (χ0) is 33.8. The molecule has 2 aromatic heterocycles. The van der Waals surface area contributed by atoms with Crippen molar-refractivity contribution >= 4 is 40.3 Å². The number of carbonyl (C=O) groups is 1. The Kier molecular flexibility index (Phi) is 9.93. The summed E-state index contributed by atoms with van der Waals surface area (Å²) in [5.74, 6) is -1.64. The second-order valence-corrected chi connectivity index (χ2v) is 12.1. The molecule has 248 valence electrons. The van der Waals surface area contributed by atoms with E-state index in [1.807, 2.05) is 11.9 Å². The van der Waals surface area contributed by atoms with Gasteiger partial charge < -0.3 is 29.0 Å². The fourth-order valence-electron chi connectivity index (χ4n) is 6.18. The lowest BCUT2D eigenvalue weighted by atomic mass is 10.0. The minimum Gasteiger partial charge on any atom is -0.496 e. The van der Waals surface area contributed by atoms with Crippen LogP contribution >= 0.6 is 11.6 Å². The van der Waals surface area contributed by atoms with Crippen LogP contribution < -0.4 is 14.4 Å². The van der Waals surface area contributed by atoms with E-state index in [1.54, 1.807) is 30.3 Å². The fourth-order valence-corrected chi connectivity index (χ4v) is 6.35. The molecule has 2 atom stereocenters. The SMILES string of the molecule is [C-]#[N+]C[C@H]1CN(c2nc(OC[C@@H]3CCCN3C)nc3c(F)c(-c4cc(Cl)ccc4OC)ccc23)CCN1C(=O)/C(F)=C/c1cnccn1. The van der Waals surface area contributed by atoms with Crippen molar-refractivity contribution < 1.29 is 23.0 Å². The van der Waals surface area contributed by atoms with E-state index in [1.165, 1.54) is 30.6 Å². The molecule has 4 heterocycles. The Morgan fingerprint density at radius 2 is 2.00 bits per heavy atom. The Balaban J connectivity index is 1.37. The molecule has 2 fully saturated rings. The zero-order valence-corrected chi connectivity index (χ0v) is 27.2. The van der Waals surface area contributed by atoms with E-state index in [9.17, 15) is 4.79 Å². The number of rotatable bonds is 9. The first-order valence-corrected chi connectivity index (χ1v) is 15.8. The summed E-state index contributed by atoms with van der Waals surface area (Å²) in [6.07, 6.45) is 7.23. The van der Waals surface area contributed by atoms with Gasteiger partial charge in [-0.2, -0.15) is 9.97 Å². The number of likely N-dealkylation sites (tertiary alicyclic amines) is 1. The van der Waals surface area contributed by atoms with Crippen molar-refractivity contribution in [1.82, 2.24) is 29.7 Å². The van der Waals surface area contributed by atoms with Crippen LogP contribution in [0.4, 0.5) is 14.6 Å². The number of aromatic nitrogens is 4. The molecule has 0 bridgehead atoms. The van der Waals surface area contributed by atoms with Crippen molar-refractivity contribution in [1.29, 1.82) is 0 Å². The minimum atomic E-state index is -1.01. The lowest BCUT2D eigenvalue weighted by Crippen LogP contribution is -2.56. The average molecular weight is 675 g/mol. The van der Waals surface area contributed by atoms with Crippen molar-refractivity contribution in [3.8, 4) is 22.9 Å². The molecule has 0 aliphatic carbocycles. The first-order chi connectivity index (χ1) is 23.3. The first kappa shape index (κ1) is 33.0. The van der Waals surface area contributed by atoms with Gasteiger partial charge in [-0.25, -0.2) is 15.4 Å². The third-order valence-corrected chi connectivity index (χ3v) is 8.94. The van der Waals surface area contributed by atoms with Crippen LogP contribution in [0.2, 0.25) is 5.02 Å². The van der Waals surface area contributed by atoms with Gasteiger partial charge in [0, 0.05) is 65.7 Å². The van der Waals surface area contributed by atoms with Crippen LogP contribution in [-0.2, 0) is 4.79 Å². The fraction of sp³-hybridized carbons (Fsp3) is 0.353. The van der Waals surface area contributed by atoms with E-state index in [4.69, 9.17) is 32.6 Å². The monoisotopic (exact) mass is 674 g/mol. The van der Waals surface area contributed by atoms with Gasteiger partial charge in [0.05, 0.1) is 19.0 Å². The van der Waals surface area contributed by atoms with Crippen molar-refractivity contribution in [2.45, 2.75) is 24.9 Å². The number of ether oxygens (including phenoxy) is 2. The van der Waals surface area contributed by atoms with E-state index < -0.39 is 23.6 Å². The number of carbonyl (C=O) groups excluding carboxylic acids is 1. The number of amides is 1. The highest BCUT2D eigenvalue weighted by molar-refractivity contribution is 6.31. The number of hydrogen-bond donors (Lipinski definition) is 0. The maximum Gasteiger partial charge on any atom is 0.319 e. The molecule has 2 saturated heterocycles. The molecule has 4 aromatic rings. The maximum absolute atomic E-state index is 16.5. The van der Waals surface area contributed by atoms with Crippen LogP contribution in [0.5, 0.6) is 11.8 Å². The summed E-state index contributed by atoms with van der Waals surface area (Å²) in [5.41, 5.74) is 0.928.